The number of carbonyl (C=O) groups is 1. The Morgan fingerprint density at radius 1 is 0.640 bits per heavy atom. The minimum absolute atomic E-state index is 0.0752. The average Bonchev–Trinajstić information content (AvgIpc) is 2.63. The summed E-state index contributed by atoms with van der Waals surface area (Å²) in [7, 11) is 0. The Bertz CT molecular complexity index is 670. The van der Waals surface area contributed by atoms with Crippen LogP contribution >= 0.6 is 34.8 Å². The third-order valence-corrected chi connectivity index (χ3v) is 3.01. The molecule has 0 atom stereocenters. The summed E-state index contributed by atoms with van der Waals surface area (Å²) in [6.45, 7) is 2.08. The lowest BCUT2D eigenvalue weighted by atomic mass is 10.0. The third-order valence-electron chi connectivity index (χ3n) is 3.01. The van der Waals surface area contributed by atoms with Crippen LogP contribution in [0.15, 0.2) is 91.0 Å². The number of alkyl halides is 3. The Morgan fingerprint density at radius 2 is 0.920 bits per heavy atom. The van der Waals surface area contributed by atoms with Crippen LogP contribution in [0.3, 0.4) is 0 Å². The van der Waals surface area contributed by atoms with E-state index < -0.39 is 4.30 Å². The number of hydrogen-bond acceptors (Lipinski definition) is 1. The van der Waals surface area contributed by atoms with Gasteiger partial charge in [-0.05, 0) is 6.92 Å². The Kier molecular flexibility index (Phi) is 10.7. The smallest absolute Gasteiger partial charge is 0.193 e. The van der Waals surface area contributed by atoms with Crippen LogP contribution in [0.5, 0.6) is 0 Å². The molecule has 0 saturated heterocycles. The summed E-state index contributed by atoms with van der Waals surface area (Å²) in [5, 5.41) is 0. The Hall–Kier alpha value is -1.80. The molecule has 25 heavy (non-hydrogen) atoms. The Balaban J connectivity index is 0.000000237. The van der Waals surface area contributed by atoms with Crippen molar-refractivity contribution < 1.29 is 4.79 Å². The van der Waals surface area contributed by atoms with Gasteiger partial charge < -0.3 is 0 Å². The molecule has 0 unspecified atom stereocenters. The molecular weight excluding hydrogens is 375 g/mol. The maximum atomic E-state index is 11.8. The van der Waals surface area contributed by atoms with Crippen molar-refractivity contribution in [3.8, 4) is 0 Å². The number of aryl methyl sites for hydroxylation is 1. The minimum Gasteiger partial charge on any atom is -0.289 e. The van der Waals surface area contributed by atoms with Gasteiger partial charge in [-0.25, -0.2) is 0 Å². The lowest BCUT2D eigenvalue weighted by molar-refractivity contribution is 0.103. The molecule has 0 bridgehead atoms. The van der Waals surface area contributed by atoms with Crippen LogP contribution in [0, 0.1) is 6.92 Å². The summed E-state index contributed by atoms with van der Waals surface area (Å²) in [4.78, 5) is 11.8. The summed E-state index contributed by atoms with van der Waals surface area (Å²) >= 11 is 14.4. The second-order valence-electron chi connectivity index (χ2n) is 4.96. The van der Waals surface area contributed by atoms with Crippen molar-refractivity contribution in [1.82, 2.24) is 0 Å². The van der Waals surface area contributed by atoms with E-state index in [4.69, 9.17) is 34.8 Å². The van der Waals surface area contributed by atoms with E-state index in [1.54, 1.807) is 0 Å². The van der Waals surface area contributed by atoms with Crippen LogP contribution in [0.2, 0.25) is 0 Å². The molecular formula is C21H19Cl3O. The van der Waals surface area contributed by atoms with E-state index in [9.17, 15) is 4.79 Å². The third kappa shape index (κ3) is 9.93. The summed E-state index contributed by atoms with van der Waals surface area (Å²) in [6, 6.07) is 28.9. The van der Waals surface area contributed by atoms with Gasteiger partial charge in [0.05, 0.1) is 0 Å². The predicted molar refractivity (Wildman–Crippen MR) is 109 cm³/mol. The van der Waals surface area contributed by atoms with Crippen LogP contribution < -0.4 is 0 Å². The van der Waals surface area contributed by atoms with E-state index in [1.165, 1.54) is 5.56 Å². The fourth-order valence-electron chi connectivity index (χ4n) is 1.88. The highest BCUT2D eigenvalue weighted by Gasteiger charge is 2.06. The molecule has 3 rings (SSSR count). The van der Waals surface area contributed by atoms with Gasteiger partial charge in [-0.15, -0.1) is 0 Å². The fraction of sp³-hybridized carbons (Fsp3) is 0.0952. The van der Waals surface area contributed by atoms with Crippen LogP contribution in [0.4, 0.5) is 0 Å². The summed E-state index contributed by atoms with van der Waals surface area (Å²) in [5.41, 5.74) is 2.79. The first-order valence-corrected chi connectivity index (χ1v) is 8.90. The van der Waals surface area contributed by atoms with E-state index in [0.29, 0.717) is 0 Å². The molecule has 0 aliphatic carbocycles. The second kappa shape index (κ2) is 12.5. The minimum atomic E-state index is -0.750. The first-order valence-electron chi connectivity index (χ1n) is 7.59. The van der Waals surface area contributed by atoms with Gasteiger partial charge in [0.25, 0.3) is 0 Å². The zero-order valence-corrected chi connectivity index (χ0v) is 16.0. The molecule has 0 spiro atoms. The topological polar surface area (TPSA) is 17.1 Å². The normalized spacial score (nSPS) is 9.32. The number of benzene rings is 3. The molecule has 0 aliphatic rings. The van der Waals surface area contributed by atoms with Crippen molar-refractivity contribution in [1.29, 1.82) is 0 Å². The maximum absolute atomic E-state index is 11.8. The second-order valence-corrected chi connectivity index (χ2v) is 6.94. The van der Waals surface area contributed by atoms with Crippen molar-refractivity contribution in [2.45, 2.75) is 11.2 Å². The zero-order chi connectivity index (χ0) is 18.5. The van der Waals surface area contributed by atoms with Gasteiger partial charge in [-0.1, -0.05) is 131 Å². The standard InChI is InChI=1S/C13H10O.C7H8.CHCl3/c14-13(11-7-3-1-4-8-11)12-9-5-2-6-10-12;1-7-5-3-2-4-6-7;2-1(3)4/h1-10H;2-6H,1H3;1H. The van der Waals surface area contributed by atoms with E-state index in [0.717, 1.165) is 11.1 Å². The number of rotatable bonds is 2. The molecule has 0 aliphatic heterocycles. The van der Waals surface area contributed by atoms with Crippen LogP contribution in [-0.4, -0.2) is 10.1 Å². The van der Waals surface area contributed by atoms with E-state index in [2.05, 4.69) is 19.1 Å². The van der Waals surface area contributed by atoms with Crippen molar-refractivity contribution >= 4 is 40.6 Å². The molecule has 0 fully saturated rings. The van der Waals surface area contributed by atoms with E-state index in [-0.39, 0.29) is 5.78 Å². The molecule has 0 saturated carbocycles. The summed E-state index contributed by atoms with van der Waals surface area (Å²) < 4.78 is -0.750. The predicted octanol–water partition coefficient (Wildman–Crippen LogP) is 6.90. The molecule has 0 N–H and O–H groups in total. The van der Waals surface area contributed by atoms with Crippen LogP contribution in [0.25, 0.3) is 0 Å². The molecule has 0 radical (unpaired) electrons. The van der Waals surface area contributed by atoms with Crippen LogP contribution in [-0.2, 0) is 0 Å². The molecule has 130 valence electrons. The molecule has 3 aromatic rings. The van der Waals surface area contributed by atoms with Gasteiger partial charge >= 0.3 is 0 Å². The number of carbonyl (C=O) groups excluding carboxylic acids is 1. The van der Waals surface area contributed by atoms with Crippen molar-refractivity contribution in [3.63, 3.8) is 0 Å². The summed E-state index contributed by atoms with van der Waals surface area (Å²) in [6.07, 6.45) is 0. The number of ketones is 1. The van der Waals surface area contributed by atoms with Gasteiger partial charge in [0.15, 0.2) is 10.1 Å². The van der Waals surface area contributed by atoms with Gasteiger partial charge in [0.1, 0.15) is 0 Å². The highest BCUT2D eigenvalue weighted by Crippen LogP contribution is 2.08. The molecule has 0 aromatic heterocycles. The van der Waals surface area contributed by atoms with Gasteiger partial charge in [-0.3, -0.25) is 4.79 Å². The van der Waals surface area contributed by atoms with Gasteiger partial charge in [0.2, 0.25) is 0 Å². The van der Waals surface area contributed by atoms with Gasteiger partial charge in [-0.2, -0.15) is 0 Å². The van der Waals surface area contributed by atoms with Crippen molar-refractivity contribution in [2.24, 2.45) is 0 Å². The first kappa shape index (κ1) is 21.2. The lowest BCUT2D eigenvalue weighted by Crippen LogP contribution is -1.99. The van der Waals surface area contributed by atoms with Crippen molar-refractivity contribution in [3.05, 3.63) is 108 Å². The molecule has 0 heterocycles. The highest BCUT2D eigenvalue weighted by molar-refractivity contribution is 6.63. The molecule has 1 nitrogen and oxygen atoms in total. The molecule has 3 aromatic carbocycles. The van der Waals surface area contributed by atoms with E-state index in [1.807, 2.05) is 78.9 Å². The first-order chi connectivity index (χ1) is 12.0. The van der Waals surface area contributed by atoms with Crippen LogP contribution in [0.1, 0.15) is 21.5 Å². The quantitative estimate of drug-likeness (QED) is 0.342. The average molecular weight is 394 g/mol. The largest absolute Gasteiger partial charge is 0.289 e. The Morgan fingerprint density at radius 3 is 1.16 bits per heavy atom. The fourth-order valence-corrected chi connectivity index (χ4v) is 1.88. The molecule has 4 heteroatoms. The van der Waals surface area contributed by atoms with Gasteiger partial charge in [0, 0.05) is 11.1 Å². The van der Waals surface area contributed by atoms with E-state index >= 15 is 0 Å². The SMILES string of the molecule is Cc1ccccc1.ClC(Cl)Cl.O=C(c1ccccc1)c1ccccc1. The molecule has 0 amide bonds. The Labute approximate surface area is 164 Å². The monoisotopic (exact) mass is 392 g/mol. The lowest BCUT2D eigenvalue weighted by Gasteiger charge is -1.99. The van der Waals surface area contributed by atoms with Crippen molar-refractivity contribution in [2.75, 3.05) is 0 Å². The number of hydrogen-bond donors (Lipinski definition) is 0. The summed E-state index contributed by atoms with van der Waals surface area (Å²) in [5.74, 6) is 0.0752. The zero-order valence-electron chi connectivity index (χ0n) is 13.8. The number of halogens is 3. The maximum Gasteiger partial charge on any atom is 0.193 e. The highest BCUT2D eigenvalue weighted by atomic mass is 35.6.